The molecule has 0 amide bonds. The highest BCUT2D eigenvalue weighted by atomic mass is 79.9. The van der Waals surface area contributed by atoms with Gasteiger partial charge >= 0.3 is 0 Å². The monoisotopic (exact) mass is 326 g/mol. The maximum absolute atomic E-state index is 4.21. The zero-order valence-electron chi connectivity index (χ0n) is 10.2. The Morgan fingerprint density at radius 1 is 1.28 bits per heavy atom. The van der Waals surface area contributed by atoms with E-state index in [1.807, 2.05) is 12.3 Å². The van der Waals surface area contributed by atoms with E-state index in [4.69, 9.17) is 0 Å². The van der Waals surface area contributed by atoms with Gasteiger partial charge < -0.3 is 5.32 Å². The van der Waals surface area contributed by atoms with Gasteiger partial charge in [0, 0.05) is 35.4 Å². The first-order valence-corrected chi connectivity index (χ1v) is 7.54. The lowest BCUT2D eigenvalue weighted by Crippen LogP contribution is -2.17. The molecule has 0 saturated heterocycles. The summed E-state index contributed by atoms with van der Waals surface area (Å²) in [5.41, 5.74) is 1.01. The lowest BCUT2D eigenvalue weighted by molar-refractivity contribution is 0.668. The zero-order valence-corrected chi connectivity index (χ0v) is 12.6. The van der Waals surface area contributed by atoms with E-state index in [-0.39, 0.29) is 0 Å². The molecule has 0 aromatic carbocycles. The van der Waals surface area contributed by atoms with Crippen molar-refractivity contribution in [1.29, 1.82) is 0 Å². The Bertz CT molecular complexity index is 500. The van der Waals surface area contributed by atoms with Crippen LogP contribution in [0.2, 0.25) is 0 Å². The summed E-state index contributed by atoms with van der Waals surface area (Å²) in [7, 11) is 0. The van der Waals surface area contributed by atoms with Crippen LogP contribution in [0.25, 0.3) is 10.6 Å². The number of nitrogens with one attached hydrogen (secondary N) is 1. The Kier molecular flexibility index (Phi) is 5.22. The first-order chi connectivity index (χ1) is 8.79. The molecule has 2 heterocycles. The van der Waals surface area contributed by atoms with Crippen molar-refractivity contribution in [3.05, 3.63) is 27.9 Å². The van der Waals surface area contributed by atoms with Gasteiger partial charge in [-0.2, -0.15) is 0 Å². The van der Waals surface area contributed by atoms with Gasteiger partial charge in [0.1, 0.15) is 10.0 Å². The standard InChI is InChI=1S/C12H15BrN4S/c1-2-4-14-5-3-11-16-17-12(18-11)9-6-10(13)8-15-7-9/h6-8,14H,2-5H2,1H3. The number of hydrogen-bond acceptors (Lipinski definition) is 5. The smallest absolute Gasteiger partial charge is 0.149 e. The molecule has 96 valence electrons. The normalized spacial score (nSPS) is 10.8. The Balaban J connectivity index is 1.97. The molecule has 4 nitrogen and oxygen atoms in total. The van der Waals surface area contributed by atoms with Gasteiger partial charge in [-0.25, -0.2) is 0 Å². The third-order valence-electron chi connectivity index (χ3n) is 2.36. The van der Waals surface area contributed by atoms with Crippen molar-refractivity contribution >= 4 is 27.3 Å². The molecule has 0 unspecified atom stereocenters. The third-order valence-corrected chi connectivity index (χ3v) is 3.83. The fourth-order valence-electron chi connectivity index (χ4n) is 1.50. The minimum absolute atomic E-state index is 0.925. The van der Waals surface area contributed by atoms with Crippen molar-refractivity contribution in [2.75, 3.05) is 13.1 Å². The van der Waals surface area contributed by atoms with E-state index in [1.165, 1.54) is 0 Å². The molecular formula is C12H15BrN4S. The van der Waals surface area contributed by atoms with E-state index >= 15 is 0 Å². The first-order valence-electron chi connectivity index (χ1n) is 5.93. The summed E-state index contributed by atoms with van der Waals surface area (Å²) in [4.78, 5) is 4.14. The van der Waals surface area contributed by atoms with Gasteiger partial charge in [0.15, 0.2) is 0 Å². The number of nitrogens with zero attached hydrogens (tertiary/aromatic N) is 3. The summed E-state index contributed by atoms with van der Waals surface area (Å²) in [6.45, 7) is 4.18. The quantitative estimate of drug-likeness (QED) is 0.829. The Labute approximate surface area is 119 Å². The van der Waals surface area contributed by atoms with Crippen molar-refractivity contribution in [2.45, 2.75) is 19.8 Å². The second-order valence-corrected chi connectivity index (χ2v) is 5.87. The number of hydrogen-bond donors (Lipinski definition) is 1. The third kappa shape index (κ3) is 3.83. The molecule has 0 bridgehead atoms. The van der Waals surface area contributed by atoms with E-state index in [1.54, 1.807) is 17.5 Å². The molecule has 0 aliphatic carbocycles. The summed E-state index contributed by atoms with van der Waals surface area (Å²) in [5, 5.41) is 13.8. The highest BCUT2D eigenvalue weighted by Crippen LogP contribution is 2.24. The molecule has 1 N–H and O–H groups in total. The van der Waals surface area contributed by atoms with E-state index in [2.05, 4.69) is 43.4 Å². The summed E-state index contributed by atoms with van der Waals surface area (Å²) >= 11 is 5.04. The lowest BCUT2D eigenvalue weighted by atomic mass is 10.3. The predicted molar refractivity (Wildman–Crippen MR) is 77.7 cm³/mol. The van der Waals surface area contributed by atoms with E-state index in [0.29, 0.717) is 0 Å². The summed E-state index contributed by atoms with van der Waals surface area (Å²) < 4.78 is 0.960. The maximum atomic E-state index is 4.21. The van der Waals surface area contributed by atoms with Crippen LogP contribution in [0, 0.1) is 0 Å². The predicted octanol–water partition coefficient (Wildman–Crippen LogP) is 2.90. The number of pyridine rings is 1. The molecule has 2 rings (SSSR count). The molecule has 0 spiro atoms. The molecular weight excluding hydrogens is 312 g/mol. The molecule has 0 fully saturated rings. The lowest BCUT2D eigenvalue weighted by Gasteiger charge is -1.98. The second kappa shape index (κ2) is 6.92. The molecule has 0 aliphatic rings. The van der Waals surface area contributed by atoms with Gasteiger partial charge in [0.2, 0.25) is 0 Å². The van der Waals surface area contributed by atoms with Gasteiger partial charge in [-0.15, -0.1) is 10.2 Å². The minimum Gasteiger partial charge on any atom is -0.316 e. The van der Waals surface area contributed by atoms with Crippen LogP contribution >= 0.6 is 27.3 Å². The SMILES string of the molecule is CCCNCCc1nnc(-c2cncc(Br)c2)s1. The highest BCUT2D eigenvalue weighted by molar-refractivity contribution is 9.10. The zero-order chi connectivity index (χ0) is 12.8. The van der Waals surface area contributed by atoms with Crippen LogP contribution < -0.4 is 5.32 Å². The molecule has 0 radical (unpaired) electrons. The Morgan fingerprint density at radius 2 is 2.17 bits per heavy atom. The van der Waals surface area contributed by atoms with E-state index in [9.17, 15) is 0 Å². The van der Waals surface area contributed by atoms with Gasteiger partial charge in [-0.1, -0.05) is 18.3 Å². The molecule has 2 aromatic rings. The van der Waals surface area contributed by atoms with Crippen LogP contribution in [0.4, 0.5) is 0 Å². The number of halogens is 1. The van der Waals surface area contributed by atoms with E-state index < -0.39 is 0 Å². The molecule has 0 atom stereocenters. The van der Waals surface area contributed by atoms with Crippen molar-refractivity contribution in [1.82, 2.24) is 20.5 Å². The summed E-state index contributed by atoms with van der Waals surface area (Å²) in [6.07, 6.45) is 5.66. The van der Waals surface area contributed by atoms with Crippen LogP contribution in [-0.4, -0.2) is 28.3 Å². The van der Waals surface area contributed by atoms with Gasteiger partial charge in [0.25, 0.3) is 0 Å². The van der Waals surface area contributed by atoms with Crippen LogP contribution in [0.15, 0.2) is 22.9 Å². The molecule has 2 aromatic heterocycles. The van der Waals surface area contributed by atoms with Crippen molar-refractivity contribution in [2.24, 2.45) is 0 Å². The average Bonchev–Trinajstić information content (AvgIpc) is 2.83. The first kappa shape index (κ1) is 13.6. The summed E-state index contributed by atoms with van der Waals surface area (Å²) in [5.74, 6) is 0. The van der Waals surface area contributed by atoms with Crippen LogP contribution in [0.3, 0.4) is 0 Å². The molecule has 0 saturated carbocycles. The van der Waals surface area contributed by atoms with Gasteiger partial charge in [-0.3, -0.25) is 4.98 Å². The fourth-order valence-corrected chi connectivity index (χ4v) is 2.68. The largest absolute Gasteiger partial charge is 0.316 e. The van der Waals surface area contributed by atoms with Crippen LogP contribution in [0.1, 0.15) is 18.4 Å². The van der Waals surface area contributed by atoms with Crippen LogP contribution in [-0.2, 0) is 6.42 Å². The van der Waals surface area contributed by atoms with Gasteiger partial charge in [-0.05, 0) is 35.0 Å². The average molecular weight is 327 g/mol. The van der Waals surface area contributed by atoms with Crippen molar-refractivity contribution in [3.63, 3.8) is 0 Å². The fraction of sp³-hybridized carbons (Fsp3) is 0.417. The van der Waals surface area contributed by atoms with Crippen LogP contribution in [0.5, 0.6) is 0 Å². The van der Waals surface area contributed by atoms with Gasteiger partial charge in [0.05, 0.1) is 0 Å². The Hall–Kier alpha value is -0.850. The number of rotatable bonds is 6. The maximum Gasteiger partial charge on any atom is 0.149 e. The van der Waals surface area contributed by atoms with Crippen molar-refractivity contribution in [3.8, 4) is 10.6 Å². The minimum atomic E-state index is 0.925. The highest BCUT2D eigenvalue weighted by Gasteiger charge is 2.07. The summed E-state index contributed by atoms with van der Waals surface area (Å²) in [6, 6.07) is 2.01. The molecule has 0 aliphatic heterocycles. The molecule has 6 heteroatoms. The number of aromatic nitrogens is 3. The second-order valence-electron chi connectivity index (χ2n) is 3.89. The topological polar surface area (TPSA) is 50.7 Å². The van der Waals surface area contributed by atoms with Crippen molar-refractivity contribution < 1.29 is 0 Å². The molecule has 18 heavy (non-hydrogen) atoms. The Morgan fingerprint density at radius 3 is 2.94 bits per heavy atom. The van der Waals surface area contributed by atoms with E-state index in [0.717, 1.165) is 46.0 Å².